The van der Waals surface area contributed by atoms with Crippen LogP contribution in [-0.2, 0) is 11.3 Å². The third kappa shape index (κ3) is 2.86. The summed E-state index contributed by atoms with van der Waals surface area (Å²) >= 11 is 3.42. The average Bonchev–Trinajstić information content (AvgIpc) is 2.70. The van der Waals surface area contributed by atoms with E-state index in [9.17, 15) is 4.79 Å². The molecule has 1 aromatic carbocycles. The lowest BCUT2D eigenvalue weighted by Gasteiger charge is -2.16. The Kier molecular flexibility index (Phi) is 3.80. The van der Waals surface area contributed by atoms with Crippen molar-refractivity contribution in [3.8, 4) is 6.07 Å². The third-order valence-electron chi connectivity index (χ3n) is 2.94. The third-order valence-corrected chi connectivity index (χ3v) is 3.86. The molecule has 88 valence electrons. The maximum atomic E-state index is 11.7. The van der Waals surface area contributed by atoms with Crippen molar-refractivity contribution in [3.05, 3.63) is 35.4 Å². The zero-order valence-electron chi connectivity index (χ0n) is 9.40. The van der Waals surface area contributed by atoms with E-state index in [0.717, 1.165) is 17.4 Å². The predicted molar refractivity (Wildman–Crippen MR) is 68.5 cm³/mol. The zero-order valence-corrected chi connectivity index (χ0v) is 11.0. The van der Waals surface area contributed by atoms with Crippen molar-refractivity contribution in [2.75, 3.05) is 11.9 Å². The average molecular weight is 293 g/mol. The van der Waals surface area contributed by atoms with Gasteiger partial charge in [-0.2, -0.15) is 5.26 Å². The van der Waals surface area contributed by atoms with Gasteiger partial charge in [-0.3, -0.25) is 4.79 Å². The molecule has 0 aromatic heterocycles. The molecule has 1 atom stereocenters. The van der Waals surface area contributed by atoms with E-state index in [1.54, 1.807) is 6.07 Å². The van der Waals surface area contributed by atoms with Crippen LogP contribution >= 0.6 is 15.9 Å². The van der Waals surface area contributed by atoms with Gasteiger partial charge in [0.2, 0.25) is 5.91 Å². The minimum Gasteiger partial charge on any atom is -0.338 e. The summed E-state index contributed by atoms with van der Waals surface area (Å²) in [6.45, 7) is 1.42. The minimum absolute atomic E-state index is 0.205. The number of hydrogen-bond acceptors (Lipinski definition) is 2. The first kappa shape index (κ1) is 12.1. The number of carbonyl (C=O) groups excluding carboxylic acids is 1. The number of rotatable bonds is 3. The highest BCUT2D eigenvalue weighted by Gasteiger charge is 2.28. The molecule has 0 bridgehead atoms. The van der Waals surface area contributed by atoms with E-state index >= 15 is 0 Å². The summed E-state index contributed by atoms with van der Waals surface area (Å²) in [5, 5.41) is 9.69. The second kappa shape index (κ2) is 5.33. The number of halogens is 1. The molecular weight excluding hydrogens is 280 g/mol. The topological polar surface area (TPSA) is 44.1 Å². The van der Waals surface area contributed by atoms with E-state index in [1.807, 2.05) is 23.1 Å². The van der Waals surface area contributed by atoms with E-state index in [-0.39, 0.29) is 5.91 Å². The molecule has 1 fully saturated rings. The molecule has 0 N–H and O–H groups in total. The molecule has 1 aromatic rings. The minimum atomic E-state index is 0.205. The van der Waals surface area contributed by atoms with Crippen LogP contribution in [0.4, 0.5) is 0 Å². The fraction of sp³-hybridized carbons (Fsp3) is 0.385. The van der Waals surface area contributed by atoms with Gasteiger partial charge in [0.15, 0.2) is 0 Å². The lowest BCUT2D eigenvalue weighted by atomic mass is 10.1. The van der Waals surface area contributed by atoms with Gasteiger partial charge in [0, 0.05) is 24.8 Å². The van der Waals surface area contributed by atoms with Crippen molar-refractivity contribution in [3.63, 3.8) is 0 Å². The molecule has 1 unspecified atom stereocenters. The Balaban J connectivity index is 2.06. The normalized spacial score (nSPS) is 19.4. The summed E-state index contributed by atoms with van der Waals surface area (Å²) in [6.07, 6.45) is 0.628. The first-order valence-corrected chi connectivity index (χ1v) is 6.68. The number of benzene rings is 1. The summed E-state index contributed by atoms with van der Waals surface area (Å²) in [4.78, 5) is 13.6. The number of nitriles is 1. The summed E-state index contributed by atoms with van der Waals surface area (Å²) in [6, 6.07) is 9.54. The van der Waals surface area contributed by atoms with Crippen LogP contribution in [0.15, 0.2) is 24.3 Å². The van der Waals surface area contributed by atoms with E-state index in [0.29, 0.717) is 24.4 Å². The van der Waals surface area contributed by atoms with Crippen LogP contribution in [0.25, 0.3) is 0 Å². The summed E-state index contributed by atoms with van der Waals surface area (Å²) in [5.74, 6) is 0.624. The Morgan fingerprint density at radius 2 is 2.35 bits per heavy atom. The second-order valence-electron chi connectivity index (χ2n) is 4.31. The lowest BCUT2D eigenvalue weighted by molar-refractivity contribution is -0.128. The molecule has 0 spiro atoms. The van der Waals surface area contributed by atoms with Gasteiger partial charge in [0.05, 0.1) is 11.6 Å². The quantitative estimate of drug-likeness (QED) is 0.803. The summed E-state index contributed by atoms with van der Waals surface area (Å²) in [5.41, 5.74) is 1.67. The molecule has 0 radical (unpaired) electrons. The van der Waals surface area contributed by atoms with Crippen LogP contribution in [0, 0.1) is 17.2 Å². The van der Waals surface area contributed by atoms with Gasteiger partial charge in [0.25, 0.3) is 0 Å². The largest absolute Gasteiger partial charge is 0.338 e. The van der Waals surface area contributed by atoms with Crippen molar-refractivity contribution in [2.45, 2.75) is 13.0 Å². The van der Waals surface area contributed by atoms with Crippen LogP contribution in [0.3, 0.4) is 0 Å². The van der Waals surface area contributed by atoms with Crippen molar-refractivity contribution < 1.29 is 4.79 Å². The van der Waals surface area contributed by atoms with Crippen LogP contribution < -0.4 is 0 Å². The lowest BCUT2D eigenvalue weighted by Crippen LogP contribution is -2.24. The van der Waals surface area contributed by atoms with Gasteiger partial charge in [0.1, 0.15) is 0 Å². The Morgan fingerprint density at radius 3 is 3.00 bits per heavy atom. The van der Waals surface area contributed by atoms with Crippen molar-refractivity contribution in [1.82, 2.24) is 4.90 Å². The highest BCUT2D eigenvalue weighted by molar-refractivity contribution is 9.09. The number of hydrogen-bond donors (Lipinski definition) is 0. The fourth-order valence-corrected chi connectivity index (χ4v) is 2.50. The zero-order chi connectivity index (χ0) is 12.3. The number of carbonyl (C=O) groups is 1. The first-order chi connectivity index (χ1) is 8.22. The van der Waals surface area contributed by atoms with Crippen LogP contribution in [0.2, 0.25) is 0 Å². The molecule has 1 saturated heterocycles. The number of nitrogens with zero attached hydrogens (tertiary/aromatic N) is 2. The molecule has 17 heavy (non-hydrogen) atoms. The maximum absolute atomic E-state index is 11.7. The predicted octanol–water partition coefficient (Wildman–Crippen LogP) is 2.30. The smallest absolute Gasteiger partial charge is 0.223 e. The molecule has 3 nitrogen and oxygen atoms in total. The molecule has 1 aliphatic rings. The SMILES string of the molecule is N#Cc1cccc(CN2CC(CBr)CC2=O)c1. The van der Waals surface area contributed by atoms with Crippen molar-refractivity contribution >= 4 is 21.8 Å². The Morgan fingerprint density at radius 1 is 1.53 bits per heavy atom. The molecule has 4 heteroatoms. The van der Waals surface area contributed by atoms with E-state index in [1.165, 1.54) is 0 Å². The molecule has 1 amide bonds. The van der Waals surface area contributed by atoms with E-state index in [2.05, 4.69) is 22.0 Å². The molecule has 1 heterocycles. The Hall–Kier alpha value is -1.34. The maximum Gasteiger partial charge on any atom is 0.223 e. The van der Waals surface area contributed by atoms with E-state index in [4.69, 9.17) is 5.26 Å². The van der Waals surface area contributed by atoms with Gasteiger partial charge < -0.3 is 4.90 Å². The molecule has 2 rings (SSSR count). The van der Waals surface area contributed by atoms with Gasteiger partial charge >= 0.3 is 0 Å². The summed E-state index contributed by atoms with van der Waals surface area (Å²) in [7, 11) is 0. The monoisotopic (exact) mass is 292 g/mol. The van der Waals surface area contributed by atoms with Gasteiger partial charge in [-0.1, -0.05) is 28.1 Å². The number of amides is 1. The molecular formula is C13H13BrN2O. The Labute approximate surface area is 109 Å². The highest BCUT2D eigenvalue weighted by Crippen LogP contribution is 2.21. The number of likely N-dealkylation sites (tertiary alicyclic amines) is 1. The molecule has 0 saturated carbocycles. The Bertz CT molecular complexity index is 467. The van der Waals surface area contributed by atoms with Crippen LogP contribution in [0.5, 0.6) is 0 Å². The van der Waals surface area contributed by atoms with Gasteiger partial charge in [-0.25, -0.2) is 0 Å². The first-order valence-electron chi connectivity index (χ1n) is 5.55. The van der Waals surface area contributed by atoms with Gasteiger partial charge in [-0.05, 0) is 23.6 Å². The van der Waals surface area contributed by atoms with E-state index < -0.39 is 0 Å². The highest BCUT2D eigenvalue weighted by atomic mass is 79.9. The van der Waals surface area contributed by atoms with Crippen molar-refractivity contribution in [1.29, 1.82) is 5.26 Å². The second-order valence-corrected chi connectivity index (χ2v) is 4.96. The van der Waals surface area contributed by atoms with Gasteiger partial charge in [-0.15, -0.1) is 0 Å². The van der Waals surface area contributed by atoms with Crippen molar-refractivity contribution in [2.24, 2.45) is 5.92 Å². The standard InChI is InChI=1S/C13H13BrN2O/c14-6-12-5-13(17)16(9-12)8-11-3-1-2-10(4-11)7-15/h1-4,12H,5-6,8-9H2. The number of alkyl halides is 1. The van der Waals surface area contributed by atoms with Crippen LogP contribution in [-0.4, -0.2) is 22.7 Å². The molecule has 0 aliphatic carbocycles. The summed E-state index contributed by atoms with van der Waals surface area (Å²) < 4.78 is 0. The fourth-order valence-electron chi connectivity index (χ4n) is 2.07. The van der Waals surface area contributed by atoms with Crippen LogP contribution in [0.1, 0.15) is 17.5 Å². The molecule has 1 aliphatic heterocycles.